The van der Waals surface area contributed by atoms with E-state index < -0.39 is 7.94 Å². The van der Waals surface area contributed by atoms with E-state index in [9.17, 15) is 5.11 Å². The molecule has 0 aromatic rings. The number of ether oxygens (including phenoxy) is 1. The van der Waals surface area contributed by atoms with Crippen LogP contribution in [0.2, 0.25) is 0 Å². The molecule has 5 nitrogen and oxygen atoms in total. The minimum atomic E-state index is -2.56. The van der Waals surface area contributed by atoms with E-state index in [2.05, 4.69) is 0 Å². The van der Waals surface area contributed by atoms with Gasteiger partial charge in [-0.1, -0.05) is 0 Å². The highest BCUT2D eigenvalue weighted by molar-refractivity contribution is 7.64. The van der Waals surface area contributed by atoms with E-state index in [0.29, 0.717) is 6.61 Å². The highest BCUT2D eigenvalue weighted by Gasteiger charge is 2.41. The molecule has 13 heavy (non-hydrogen) atoms. The average molecular weight is 211 g/mol. The zero-order valence-corrected chi connectivity index (χ0v) is 9.21. The second-order valence-electron chi connectivity index (χ2n) is 1.99. The fourth-order valence-corrected chi connectivity index (χ4v) is 1.81. The molecule has 0 aromatic carbocycles. The minimum absolute atomic E-state index is 0.249. The SMILES string of the molecule is CCO/C(O)=C/[P+](OC)(OC)OC. The van der Waals surface area contributed by atoms with E-state index in [1.807, 2.05) is 0 Å². The number of hydrogen-bond donors (Lipinski definition) is 1. The molecule has 0 amide bonds. The number of rotatable bonds is 6. The Morgan fingerprint density at radius 3 is 2.00 bits per heavy atom. The first-order valence-electron chi connectivity index (χ1n) is 3.74. The van der Waals surface area contributed by atoms with Gasteiger partial charge in [0, 0.05) is 0 Å². The van der Waals surface area contributed by atoms with Crippen LogP contribution < -0.4 is 0 Å². The summed E-state index contributed by atoms with van der Waals surface area (Å²) < 4.78 is 19.8. The molecular weight excluding hydrogens is 195 g/mol. The smallest absolute Gasteiger partial charge is 0.447 e. The lowest BCUT2D eigenvalue weighted by atomic mass is 10.8. The van der Waals surface area contributed by atoms with Gasteiger partial charge in [0.1, 0.15) is 0 Å². The Bertz CT molecular complexity index is 158. The quantitative estimate of drug-likeness (QED) is 0.538. The van der Waals surface area contributed by atoms with Crippen molar-refractivity contribution in [3.63, 3.8) is 0 Å². The van der Waals surface area contributed by atoms with E-state index in [-0.39, 0.29) is 5.95 Å². The third-order valence-electron chi connectivity index (χ3n) is 1.32. The fourth-order valence-electron chi connectivity index (χ4n) is 0.702. The molecule has 1 N–H and O–H groups in total. The molecule has 0 unspecified atom stereocenters. The molecule has 0 aromatic heterocycles. The van der Waals surface area contributed by atoms with Crippen LogP contribution in [0.3, 0.4) is 0 Å². The molecule has 0 aliphatic rings. The van der Waals surface area contributed by atoms with Gasteiger partial charge in [0.15, 0.2) is 0 Å². The van der Waals surface area contributed by atoms with Crippen molar-refractivity contribution in [2.75, 3.05) is 27.9 Å². The van der Waals surface area contributed by atoms with Crippen LogP contribution in [0, 0.1) is 0 Å². The maximum Gasteiger partial charge on any atom is 0.447 e. The summed E-state index contributed by atoms with van der Waals surface area (Å²) in [4.78, 5) is 0. The maximum absolute atomic E-state index is 9.20. The third-order valence-corrected chi connectivity index (χ3v) is 3.39. The Labute approximate surface area is 78.8 Å². The first-order valence-corrected chi connectivity index (χ1v) is 5.35. The molecule has 78 valence electrons. The van der Waals surface area contributed by atoms with E-state index in [4.69, 9.17) is 18.3 Å². The van der Waals surface area contributed by atoms with Gasteiger partial charge in [0.25, 0.3) is 0 Å². The van der Waals surface area contributed by atoms with Crippen LogP contribution in [-0.2, 0) is 18.3 Å². The van der Waals surface area contributed by atoms with Crippen LogP contribution in [0.15, 0.2) is 11.8 Å². The molecule has 0 saturated heterocycles. The first-order chi connectivity index (χ1) is 6.14. The highest BCUT2D eigenvalue weighted by atomic mass is 31.2. The molecule has 0 saturated carbocycles. The molecule has 6 heteroatoms. The van der Waals surface area contributed by atoms with Gasteiger partial charge in [0.2, 0.25) is 5.82 Å². The van der Waals surface area contributed by atoms with Crippen LogP contribution in [0.25, 0.3) is 0 Å². The van der Waals surface area contributed by atoms with Crippen LogP contribution in [0.4, 0.5) is 0 Å². The Kier molecular flexibility index (Phi) is 5.99. The molecular formula is C7H16O5P+. The standard InChI is InChI=1S/C7H15O5P/c1-5-12-7(8)6-13(9-2,10-3)11-4/h6H,5H2,1-4H3/p+1/b7-6+. The summed E-state index contributed by atoms with van der Waals surface area (Å²) >= 11 is 0. The second kappa shape index (κ2) is 6.16. The lowest BCUT2D eigenvalue weighted by Crippen LogP contribution is -2.00. The zero-order valence-electron chi connectivity index (χ0n) is 8.31. The van der Waals surface area contributed by atoms with Gasteiger partial charge >= 0.3 is 13.9 Å². The first kappa shape index (κ1) is 12.7. The minimum Gasteiger partial charge on any atom is -0.478 e. The Morgan fingerprint density at radius 1 is 1.23 bits per heavy atom. The van der Waals surface area contributed by atoms with Crippen molar-refractivity contribution < 1.29 is 23.4 Å². The summed E-state index contributed by atoms with van der Waals surface area (Å²) in [7, 11) is 1.76. The molecule has 0 heterocycles. The third kappa shape index (κ3) is 3.91. The fraction of sp³-hybridized carbons (Fsp3) is 0.714. The molecule has 0 spiro atoms. The monoisotopic (exact) mass is 211 g/mol. The molecule has 0 rings (SSSR count). The van der Waals surface area contributed by atoms with Gasteiger partial charge in [0.05, 0.1) is 27.9 Å². The molecule has 0 fully saturated rings. The Morgan fingerprint density at radius 2 is 1.69 bits per heavy atom. The maximum atomic E-state index is 9.20. The van der Waals surface area contributed by atoms with Gasteiger partial charge in [-0.05, 0) is 6.92 Å². The molecule has 0 radical (unpaired) electrons. The van der Waals surface area contributed by atoms with Gasteiger partial charge < -0.3 is 9.84 Å². The summed E-state index contributed by atoms with van der Waals surface area (Å²) in [5.74, 6) is 1.05. The average Bonchev–Trinajstić information content (AvgIpc) is 2.15. The van der Waals surface area contributed by atoms with Crippen molar-refractivity contribution in [3.8, 4) is 0 Å². The summed E-state index contributed by atoms with van der Waals surface area (Å²) in [6.45, 7) is 2.13. The van der Waals surface area contributed by atoms with Crippen molar-refractivity contribution >= 4 is 7.94 Å². The normalized spacial score (nSPS) is 13.1. The summed E-state index contributed by atoms with van der Waals surface area (Å²) in [6.07, 6.45) is 0. The largest absolute Gasteiger partial charge is 0.478 e. The van der Waals surface area contributed by atoms with E-state index in [0.717, 1.165) is 0 Å². The zero-order chi connectivity index (χ0) is 10.3. The topological polar surface area (TPSA) is 57.2 Å². The van der Waals surface area contributed by atoms with Gasteiger partial charge in [-0.2, -0.15) is 13.6 Å². The van der Waals surface area contributed by atoms with Crippen LogP contribution >= 0.6 is 7.94 Å². The van der Waals surface area contributed by atoms with E-state index in [1.165, 1.54) is 27.1 Å². The second-order valence-corrected chi connectivity index (χ2v) is 4.42. The Hall–Kier alpha value is -0.350. The predicted octanol–water partition coefficient (Wildman–Crippen LogP) is 2.08. The van der Waals surface area contributed by atoms with Gasteiger partial charge in [-0.15, -0.1) is 0 Å². The molecule has 0 atom stereocenters. The summed E-state index contributed by atoms with van der Waals surface area (Å²) in [6, 6.07) is 0. The van der Waals surface area contributed by atoms with Crippen LogP contribution in [-0.4, -0.2) is 33.0 Å². The predicted molar refractivity (Wildman–Crippen MR) is 50.3 cm³/mol. The lowest BCUT2D eigenvalue weighted by molar-refractivity contribution is 0.101. The Balaban J connectivity index is 4.46. The van der Waals surface area contributed by atoms with Crippen molar-refractivity contribution in [1.29, 1.82) is 0 Å². The van der Waals surface area contributed by atoms with E-state index in [1.54, 1.807) is 6.92 Å². The lowest BCUT2D eigenvalue weighted by Gasteiger charge is -2.12. The van der Waals surface area contributed by atoms with Crippen molar-refractivity contribution in [3.05, 3.63) is 11.8 Å². The van der Waals surface area contributed by atoms with Crippen LogP contribution in [0.5, 0.6) is 0 Å². The van der Waals surface area contributed by atoms with Crippen molar-refractivity contribution in [2.45, 2.75) is 6.92 Å². The van der Waals surface area contributed by atoms with Gasteiger partial charge in [-0.25, -0.2) is 0 Å². The van der Waals surface area contributed by atoms with E-state index >= 15 is 0 Å². The summed E-state index contributed by atoms with van der Waals surface area (Å²) in [5.41, 5.74) is 0. The number of aliphatic hydroxyl groups excluding tert-OH is 1. The van der Waals surface area contributed by atoms with Crippen molar-refractivity contribution in [2.24, 2.45) is 0 Å². The van der Waals surface area contributed by atoms with Crippen LogP contribution in [0.1, 0.15) is 6.92 Å². The molecule has 0 aliphatic heterocycles. The number of hydrogen-bond acceptors (Lipinski definition) is 5. The number of aliphatic hydroxyl groups is 1. The molecule has 0 aliphatic carbocycles. The van der Waals surface area contributed by atoms with Crippen molar-refractivity contribution in [1.82, 2.24) is 0 Å². The molecule has 0 bridgehead atoms. The highest BCUT2D eigenvalue weighted by Crippen LogP contribution is 2.62. The van der Waals surface area contributed by atoms with Gasteiger partial charge in [-0.3, -0.25) is 0 Å². The summed E-state index contributed by atoms with van der Waals surface area (Å²) in [5, 5.41) is 9.20.